The molecule has 3 heteroatoms. The number of carbonyl (C=O) groups is 1. The van der Waals surface area contributed by atoms with E-state index in [0.717, 1.165) is 25.2 Å². The quantitative estimate of drug-likeness (QED) is 0.770. The molecule has 3 nitrogen and oxygen atoms in total. The van der Waals surface area contributed by atoms with Crippen molar-refractivity contribution in [1.82, 2.24) is 0 Å². The predicted octanol–water partition coefficient (Wildman–Crippen LogP) is 2.73. The zero-order chi connectivity index (χ0) is 13.0. The van der Waals surface area contributed by atoms with Crippen molar-refractivity contribution in [2.24, 2.45) is 23.5 Å². The lowest BCUT2D eigenvalue weighted by molar-refractivity contribution is -0.152. The second-order valence-electron chi connectivity index (χ2n) is 5.99. The van der Waals surface area contributed by atoms with Crippen molar-refractivity contribution in [3.8, 4) is 0 Å². The van der Waals surface area contributed by atoms with Crippen LogP contribution in [0.2, 0.25) is 0 Å². The molecule has 0 heterocycles. The fourth-order valence-electron chi connectivity index (χ4n) is 2.27. The van der Waals surface area contributed by atoms with Crippen molar-refractivity contribution in [2.45, 2.75) is 65.5 Å². The molecule has 0 radical (unpaired) electrons. The van der Waals surface area contributed by atoms with E-state index in [1.165, 1.54) is 0 Å². The van der Waals surface area contributed by atoms with Crippen molar-refractivity contribution in [3.63, 3.8) is 0 Å². The van der Waals surface area contributed by atoms with Crippen LogP contribution in [0.5, 0.6) is 0 Å². The normalized spacial score (nSPS) is 31.3. The molecule has 0 bridgehead atoms. The third-order valence-electron chi connectivity index (χ3n) is 4.11. The number of hydrogen-bond acceptors (Lipinski definition) is 3. The van der Waals surface area contributed by atoms with Gasteiger partial charge in [-0.05, 0) is 37.0 Å². The van der Waals surface area contributed by atoms with Crippen molar-refractivity contribution in [2.75, 3.05) is 0 Å². The van der Waals surface area contributed by atoms with Crippen molar-refractivity contribution < 1.29 is 9.53 Å². The highest BCUT2D eigenvalue weighted by Crippen LogP contribution is 2.31. The molecule has 1 aliphatic rings. The van der Waals surface area contributed by atoms with Crippen LogP contribution < -0.4 is 5.73 Å². The Morgan fingerprint density at radius 2 is 1.94 bits per heavy atom. The molecular weight excluding hydrogens is 214 g/mol. The molecule has 0 spiro atoms. The molecule has 4 atom stereocenters. The molecule has 1 saturated carbocycles. The van der Waals surface area contributed by atoms with Crippen LogP contribution in [0.1, 0.15) is 53.4 Å². The third-order valence-corrected chi connectivity index (χ3v) is 4.11. The summed E-state index contributed by atoms with van der Waals surface area (Å²) in [6.07, 6.45) is 3.64. The van der Waals surface area contributed by atoms with Crippen molar-refractivity contribution in [1.29, 1.82) is 0 Å². The van der Waals surface area contributed by atoms with Gasteiger partial charge in [-0.15, -0.1) is 0 Å². The van der Waals surface area contributed by atoms with Crippen LogP contribution in [-0.4, -0.2) is 18.1 Å². The Bertz CT molecular complexity index is 253. The summed E-state index contributed by atoms with van der Waals surface area (Å²) >= 11 is 0. The van der Waals surface area contributed by atoms with Crippen LogP contribution in [0.3, 0.4) is 0 Å². The second-order valence-corrected chi connectivity index (χ2v) is 5.99. The van der Waals surface area contributed by atoms with E-state index in [-0.39, 0.29) is 18.1 Å². The molecule has 0 aromatic rings. The fourth-order valence-corrected chi connectivity index (χ4v) is 2.27. The number of hydrogen-bond donors (Lipinski definition) is 1. The molecule has 0 aromatic carbocycles. The van der Waals surface area contributed by atoms with Gasteiger partial charge in [0.25, 0.3) is 0 Å². The number of ether oxygens (including phenoxy) is 1. The van der Waals surface area contributed by atoms with Gasteiger partial charge in [0.15, 0.2) is 0 Å². The van der Waals surface area contributed by atoms with Crippen molar-refractivity contribution in [3.05, 3.63) is 0 Å². The molecule has 1 rings (SSSR count). The topological polar surface area (TPSA) is 52.3 Å². The maximum atomic E-state index is 11.7. The summed E-state index contributed by atoms with van der Waals surface area (Å²) in [5.41, 5.74) is 5.87. The van der Waals surface area contributed by atoms with Gasteiger partial charge in [-0.25, -0.2) is 0 Å². The van der Waals surface area contributed by atoms with Gasteiger partial charge in [0.1, 0.15) is 6.10 Å². The number of carbonyl (C=O) groups excluding carboxylic acids is 1. The van der Waals surface area contributed by atoms with Crippen LogP contribution in [0.25, 0.3) is 0 Å². The lowest BCUT2D eigenvalue weighted by Gasteiger charge is -2.31. The van der Waals surface area contributed by atoms with Crippen LogP contribution in [-0.2, 0) is 9.53 Å². The SMILES string of the molecule is CC(C)C(N)CC(=O)OC1CCC(C)C(C)C1. The monoisotopic (exact) mass is 241 g/mol. The lowest BCUT2D eigenvalue weighted by Crippen LogP contribution is -2.33. The first-order chi connectivity index (χ1) is 7.90. The maximum absolute atomic E-state index is 11.7. The van der Waals surface area contributed by atoms with E-state index in [0.29, 0.717) is 18.3 Å². The number of rotatable bonds is 4. The Kier molecular flexibility index (Phi) is 5.44. The van der Waals surface area contributed by atoms with Crippen LogP contribution in [0.15, 0.2) is 0 Å². The number of esters is 1. The third kappa shape index (κ3) is 4.66. The smallest absolute Gasteiger partial charge is 0.307 e. The van der Waals surface area contributed by atoms with E-state index in [1.807, 2.05) is 13.8 Å². The first kappa shape index (κ1) is 14.5. The average Bonchev–Trinajstić information content (AvgIpc) is 2.23. The van der Waals surface area contributed by atoms with Gasteiger partial charge in [0.05, 0.1) is 6.42 Å². The Hall–Kier alpha value is -0.570. The minimum Gasteiger partial charge on any atom is -0.462 e. The molecule has 0 saturated heterocycles. The van der Waals surface area contributed by atoms with E-state index in [9.17, 15) is 4.79 Å². The van der Waals surface area contributed by atoms with Gasteiger partial charge >= 0.3 is 5.97 Å². The van der Waals surface area contributed by atoms with Gasteiger partial charge in [0.2, 0.25) is 0 Å². The summed E-state index contributed by atoms with van der Waals surface area (Å²) in [6, 6.07) is -0.0811. The molecule has 0 aliphatic heterocycles. The summed E-state index contributed by atoms with van der Waals surface area (Å²) in [7, 11) is 0. The molecule has 1 fully saturated rings. The fraction of sp³-hybridized carbons (Fsp3) is 0.929. The maximum Gasteiger partial charge on any atom is 0.307 e. The van der Waals surface area contributed by atoms with Gasteiger partial charge in [-0.1, -0.05) is 27.7 Å². The van der Waals surface area contributed by atoms with E-state index < -0.39 is 0 Å². The van der Waals surface area contributed by atoms with E-state index >= 15 is 0 Å². The Morgan fingerprint density at radius 1 is 1.29 bits per heavy atom. The predicted molar refractivity (Wildman–Crippen MR) is 69.5 cm³/mol. The first-order valence-electron chi connectivity index (χ1n) is 6.85. The van der Waals surface area contributed by atoms with Gasteiger partial charge < -0.3 is 10.5 Å². The molecule has 2 N–H and O–H groups in total. The standard InChI is InChI=1S/C14H27NO2/c1-9(2)13(15)8-14(16)17-12-6-5-10(3)11(4)7-12/h9-13H,5-8,15H2,1-4H3. The van der Waals surface area contributed by atoms with Crippen LogP contribution in [0, 0.1) is 17.8 Å². The van der Waals surface area contributed by atoms with Gasteiger partial charge in [0, 0.05) is 6.04 Å². The van der Waals surface area contributed by atoms with Crippen molar-refractivity contribution >= 4 is 5.97 Å². The van der Waals surface area contributed by atoms with Crippen LogP contribution >= 0.6 is 0 Å². The summed E-state index contributed by atoms with van der Waals surface area (Å²) in [5, 5.41) is 0. The zero-order valence-corrected chi connectivity index (χ0v) is 11.6. The summed E-state index contributed by atoms with van der Waals surface area (Å²) < 4.78 is 5.51. The highest BCUT2D eigenvalue weighted by atomic mass is 16.5. The zero-order valence-electron chi connectivity index (χ0n) is 11.6. The van der Waals surface area contributed by atoms with E-state index in [2.05, 4.69) is 13.8 Å². The summed E-state index contributed by atoms with van der Waals surface area (Å²) in [4.78, 5) is 11.7. The molecule has 17 heavy (non-hydrogen) atoms. The summed E-state index contributed by atoms with van der Waals surface area (Å²) in [5.74, 6) is 1.61. The Labute approximate surface area is 105 Å². The molecule has 1 aliphatic carbocycles. The average molecular weight is 241 g/mol. The Morgan fingerprint density at radius 3 is 2.47 bits per heavy atom. The number of nitrogens with two attached hydrogens (primary N) is 1. The van der Waals surface area contributed by atoms with Gasteiger partial charge in [-0.2, -0.15) is 0 Å². The molecule has 4 unspecified atom stereocenters. The molecular formula is C14H27NO2. The minimum atomic E-state index is -0.127. The molecule has 0 amide bonds. The van der Waals surface area contributed by atoms with Crippen LogP contribution in [0.4, 0.5) is 0 Å². The summed E-state index contributed by atoms with van der Waals surface area (Å²) in [6.45, 7) is 8.58. The molecule has 0 aromatic heterocycles. The highest BCUT2D eigenvalue weighted by molar-refractivity contribution is 5.70. The highest BCUT2D eigenvalue weighted by Gasteiger charge is 2.27. The second kappa shape index (κ2) is 6.39. The molecule has 100 valence electrons. The van der Waals surface area contributed by atoms with E-state index in [4.69, 9.17) is 10.5 Å². The van der Waals surface area contributed by atoms with E-state index in [1.54, 1.807) is 0 Å². The minimum absolute atomic E-state index is 0.0811. The first-order valence-corrected chi connectivity index (χ1v) is 6.85. The Balaban J connectivity index is 2.32. The van der Waals surface area contributed by atoms with Gasteiger partial charge in [-0.3, -0.25) is 4.79 Å². The lowest BCUT2D eigenvalue weighted by atomic mass is 9.80. The largest absolute Gasteiger partial charge is 0.462 e.